The molecule has 0 aliphatic carbocycles. The van der Waals surface area contributed by atoms with Gasteiger partial charge in [0.25, 0.3) is 0 Å². The van der Waals surface area contributed by atoms with Gasteiger partial charge in [-0.3, -0.25) is 19.7 Å². The maximum absolute atomic E-state index is 12.1. The average Bonchev–Trinajstić information content (AvgIpc) is 2.89. The molecule has 180 valence electrons. The Balaban J connectivity index is 1.50. The molecule has 0 atom stereocenters. The largest absolute Gasteiger partial charge is 0.469 e. The molecule has 4 rings (SSSR count). The lowest BCUT2D eigenvalue weighted by Crippen LogP contribution is -2.47. The van der Waals surface area contributed by atoms with E-state index in [1.165, 1.54) is 37.7 Å². The van der Waals surface area contributed by atoms with Crippen LogP contribution in [0.2, 0.25) is 0 Å². The number of hydrogen-bond donors (Lipinski definition) is 0. The molecule has 0 radical (unpaired) electrons. The maximum Gasteiger partial charge on any atom is 0.373 e. The third-order valence-corrected chi connectivity index (χ3v) is 5.43. The van der Waals surface area contributed by atoms with E-state index in [4.69, 9.17) is 4.74 Å². The van der Waals surface area contributed by atoms with Crippen molar-refractivity contribution in [3.05, 3.63) is 70.7 Å². The molecule has 0 unspecified atom stereocenters. The highest BCUT2D eigenvalue weighted by Gasteiger charge is 2.31. The second-order valence-electron chi connectivity index (χ2n) is 7.57. The lowest BCUT2D eigenvalue weighted by atomic mass is 10.1. The van der Waals surface area contributed by atoms with E-state index in [2.05, 4.69) is 24.6 Å². The van der Waals surface area contributed by atoms with Gasteiger partial charge in [-0.1, -0.05) is 6.07 Å². The molecule has 0 bridgehead atoms. The van der Waals surface area contributed by atoms with Crippen LogP contribution in [-0.4, -0.2) is 64.9 Å². The lowest BCUT2D eigenvalue weighted by Gasteiger charge is -2.35. The number of carbonyl (C=O) groups is 2. The minimum Gasteiger partial charge on any atom is -0.469 e. The first-order chi connectivity index (χ1) is 17.0. The first-order valence-corrected chi connectivity index (χ1v) is 10.7. The van der Waals surface area contributed by atoms with Gasteiger partial charge >= 0.3 is 17.5 Å². The van der Waals surface area contributed by atoms with Gasteiger partial charge < -0.3 is 19.3 Å². The molecule has 0 spiro atoms. The van der Waals surface area contributed by atoms with Gasteiger partial charge in [0.05, 0.1) is 12.0 Å². The molecule has 1 aliphatic rings. The van der Waals surface area contributed by atoms with E-state index in [0.717, 1.165) is 5.82 Å². The Bertz CT molecular complexity index is 1210. The van der Waals surface area contributed by atoms with Crippen LogP contribution >= 0.6 is 0 Å². The second-order valence-corrected chi connectivity index (χ2v) is 7.57. The summed E-state index contributed by atoms with van der Waals surface area (Å²) in [6.45, 7) is 2.25. The van der Waals surface area contributed by atoms with Crippen molar-refractivity contribution in [3.63, 3.8) is 0 Å². The maximum atomic E-state index is 12.1. The Labute approximate surface area is 200 Å². The zero-order valence-corrected chi connectivity index (χ0v) is 18.9. The lowest BCUT2D eigenvalue weighted by molar-refractivity contribution is -0.385. The summed E-state index contributed by atoms with van der Waals surface area (Å²) in [4.78, 5) is 51.2. The molecule has 2 aromatic heterocycles. The number of benzene rings is 1. The SMILES string of the molecule is COC(=O)CC(=O)c1ccc(Oc2ncnc(N3CCN(c4ccccn4)CC3)c2[N+](=O)[O-])cc1. The van der Waals surface area contributed by atoms with Crippen molar-refractivity contribution in [1.29, 1.82) is 0 Å². The Morgan fingerprint density at radius 2 is 1.71 bits per heavy atom. The Hall–Kier alpha value is -4.61. The number of esters is 1. The molecule has 3 aromatic rings. The first-order valence-electron chi connectivity index (χ1n) is 10.7. The van der Waals surface area contributed by atoms with Crippen molar-refractivity contribution in [1.82, 2.24) is 15.0 Å². The van der Waals surface area contributed by atoms with E-state index in [1.54, 1.807) is 6.20 Å². The number of Topliss-reactive ketones (excluding diaryl/α,β-unsaturated/α-hetero) is 1. The fraction of sp³-hybridized carbons (Fsp3) is 0.261. The Morgan fingerprint density at radius 1 is 1.00 bits per heavy atom. The highest BCUT2D eigenvalue weighted by atomic mass is 16.6. The van der Waals surface area contributed by atoms with Crippen molar-refractivity contribution in [3.8, 4) is 11.6 Å². The molecule has 0 N–H and O–H groups in total. The fourth-order valence-corrected chi connectivity index (χ4v) is 3.63. The first kappa shape index (κ1) is 23.5. The summed E-state index contributed by atoms with van der Waals surface area (Å²) in [6, 6.07) is 11.6. The second kappa shape index (κ2) is 10.5. The van der Waals surface area contributed by atoms with Gasteiger partial charge in [0.15, 0.2) is 5.78 Å². The van der Waals surface area contributed by atoms with Crippen molar-refractivity contribution in [2.45, 2.75) is 6.42 Å². The van der Waals surface area contributed by atoms with Gasteiger partial charge in [-0.15, -0.1) is 0 Å². The fourth-order valence-electron chi connectivity index (χ4n) is 3.63. The van der Waals surface area contributed by atoms with Gasteiger partial charge in [-0.2, -0.15) is 4.98 Å². The molecular formula is C23H22N6O6. The molecule has 1 aliphatic heterocycles. The molecule has 1 aromatic carbocycles. The molecule has 12 nitrogen and oxygen atoms in total. The van der Waals surface area contributed by atoms with Crippen LogP contribution in [0.25, 0.3) is 0 Å². The van der Waals surface area contributed by atoms with E-state index in [1.807, 2.05) is 23.1 Å². The standard InChI is InChI=1S/C23H22N6O6/c1-34-20(31)14-18(30)16-5-7-17(8-6-16)35-23-21(29(32)33)22(25-15-26-23)28-12-10-27(11-13-28)19-4-2-3-9-24-19/h2-9,15H,10-14H2,1H3. The molecule has 35 heavy (non-hydrogen) atoms. The van der Waals surface area contributed by atoms with Crippen LogP contribution in [0.1, 0.15) is 16.8 Å². The topological polar surface area (TPSA) is 141 Å². The highest BCUT2D eigenvalue weighted by Crippen LogP contribution is 2.36. The number of anilines is 2. The summed E-state index contributed by atoms with van der Waals surface area (Å²) < 4.78 is 10.2. The van der Waals surface area contributed by atoms with Crippen LogP contribution in [0.5, 0.6) is 11.6 Å². The van der Waals surface area contributed by atoms with Crippen LogP contribution in [0.3, 0.4) is 0 Å². The molecular weight excluding hydrogens is 456 g/mol. The quantitative estimate of drug-likeness (QED) is 0.155. The summed E-state index contributed by atoms with van der Waals surface area (Å²) >= 11 is 0. The smallest absolute Gasteiger partial charge is 0.373 e. The summed E-state index contributed by atoms with van der Waals surface area (Å²) in [5, 5.41) is 11.9. The molecule has 12 heteroatoms. The number of ketones is 1. The minimum atomic E-state index is -0.639. The van der Waals surface area contributed by atoms with Crippen molar-refractivity contribution in [2.24, 2.45) is 0 Å². The van der Waals surface area contributed by atoms with E-state index in [0.29, 0.717) is 26.2 Å². The van der Waals surface area contributed by atoms with Crippen LogP contribution in [0.4, 0.5) is 17.3 Å². The number of aromatic nitrogens is 3. The summed E-state index contributed by atoms with van der Waals surface area (Å²) in [5.74, 6) is 0.00410. The van der Waals surface area contributed by atoms with E-state index in [9.17, 15) is 19.7 Å². The summed E-state index contributed by atoms with van der Waals surface area (Å²) in [5.41, 5.74) is -0.0592. The number of hydrogen-bond acceptors (Lipinski definition) is 11. The van der Waals surface area contributed by atoms with Gasteiger partial charge in [0.1, 0.15) is 24.3 Å². The molecule has 1 saturated heterocycles. The highest BCUT2D eigenvalue weighted by molar-refractivity contribution is 6.05. The molecule has 1 fully saturated rings. The third kappa shape index (κ3) is 5.49. The zero-order valence-electron chi connectivity index (χ0n) is 18.9. The Morgan fingerprint density at radius 3 is 2.34 bits per heavy atom. The van der Waals surface area contributed by atoms with Crippen LogP contribution < -0.4 is 14.5 Å². The van der Waals surface area contributed by atoms with Crippen LogP contribution in [0, 0.1) is 10.1 Å². The van der Waals surface area contributed by atoms with Crippen molar-refractivity contribution in [2.75, 3.05) is 43.1 Å². The van der Waals surface area contributed by atoms with Gasteiger partial charge in [0.2, 0.25) is 5.82 Å². The Kier molecular flexibility index (Phi) is 7.10. The monoisotopic (exact) mass is 478 g/mol. The number of pyridine rings is 1. The number of ether oxygens (including phenoxy) is 2. The number of rotatable bonds is 8. The predicted octanol–water partition coefficient (Wildman–Crippen LogP) is 2.64. The number of nitrogens with zero attached hydrogens (tertiary/aromatic N) is 6. The van der Waals surface area contributed by atoms with Gasteiger partial charge in [-0.25, -0.2) is 9.97 Å². The van der Waals surface area contributed by atoms with E-state index in [-0.39, 0.29) is 35.1 Å². The van der Waals surface area contributed by atoms with Gasteiger partial charge in [0, 0.05) is 37.9 Å². The molecule has 0 amide bonds. The number of piperazine rings is 1. The summed E-state index contributed by atoms with van der Waals surface area (Å²) in [7, 11) is 1.20. The molecule has 0 saturated carbocycles. The van der Waals surface area contributed by atoms with Crippen molar-refractivity contribution >= 4 is 29.1 Å². The van der Waals surface area contributed by atoms with Crippen LogP contribution in [0.15, 0.2) is 55.0 Å². The van der Waals surface area contributed by atoms with Crippen LogP contribution in [-0.2, 0) is 9.53 Å². The average molecular weight is 478 g/mol. The zero-order chi connectivity index (χ0) is 24.8. The summed E-state index contributed by atoms with van der Waals surface area (Å²) in [6.07, 6.45) is 2.56. The number of carbonyl (C=O) groups excluding carboxylic acids is 2. The van der Waals surface area contributed by atoms with Gasteiger partial charge in [-0.05, 0) is 36.4 Å². The van der Waals surface area contributed by atoms with E-state index < -0.39 is 16.7 Å². The predicted molar refractivity (Wildman–Crippen MR) is 125 cm³/mol. The number of nitro groups is 1. The number of methoxy groups -OCH3 is 1. The normalized spacial score (nSPS) is 13.3. The van der Waals surface area contributed by atoms with Crippen molar-refractivity contribution < 1.29 is 24.0 Å². The minimum absolute atomic E-state index is 0.172. The third-order valence-electron chi connectivity index (χ3n) is 5.43. The van der Waals surface area contributed by atoms with E-state index >= 15 is 0 Å². The molecule has 3 heterocycles.